The molecule has 0 unspecified atom stereocenters. The van der Waals surface area contributed by atoms with Gasteiger partial charge in [-0.3, -0.25) is 4.79 Å². The number of thioether (sulfide) groups is 1. The molecule has 0 aliphatic heterocycles. The van der Waals surface area contributed by atoms with Crippen LogP contribution in [0.3, 0.4) is 0 Å². The highest BCUT2D eigenvalue weighted by atomic mass is 32.2. The molecule has 1 heterocycles. The number of carbonyl (C=O) groups excluding carboxylic acids is 1. The maximum absolute atomic E-state index is 11.5. The third kappa shape index (κ3) is 5.53. The molecule has 0 radical (unpaired) electrons. The Morgan fingerprint density at radius 3 is 2.65 bits per heavy atom. The van der Waals surface area contributed by atoms with Crippen LogP contribution in [0.15, 0.2) is 11.1 Å². The summed E-state index contributed by atoms with van der Waals surface area (Å²) in [4.78, 5) is 19.6. The van der Waals surface area contributed by atoms with E-state index in [0.717, 1.165) is 0 Å². The van der Waals surface area contributed by atoms with Crippen molar-refractivity contribution in [2.45, 2.75) is 38.3 Å². The molecule has 5 nitrogen and oxygen atoms in total. The first-order chi connectivity index (χ1) is 7.76. The van der Waals surface area contributed by atoms with E-state index >= 15 is 0 Å². The van der Waals surface area contributed by atoms with Gasteiger partial charge in [0.1, 0.15) is 22.3 Å². The van der Waals surface area contributed by atoms with E-state index in [-0.39, 0.29) is 11.7 Å². The predicted octanol–water partition coefficient (Wildman–Crippen LogP) is 1.80. The van der Waals surface area contributed by atoms with Crippen LogP contribution < -0.4 is 5.73 Å². The van der Waals surface area contributed by atoms with E-state index in [2.05, 4.69) is 9.97 Å². The van der Waals surface area contributed by atoms with Gasteiger partial charge in [-0.2, -0.15) is 0 Å². The van der Waals surface area contributed by atoms with E-state index < -0.39 is 5.60 Å². The molecule has 0 saturated heterocycles. The maximum Gasteiger partial charge on any atom is 0.316 e. The Balaban J connectivity index is 2.53. The number of nitrogens with zero attached hydrogens (tertiary/aromatic N) is 2. The fourth-order valence-electron chi connectivity index (χ4n) is 1.14. The largest absolute Gasteiger partial charge is 0.459 e. The van der Waals surface area contributed by atoms with Crippen molar-refractivity contribution in [3.8, 4) is 0 Å². The lowest BCUT2D eigenvalue weighted by atomic mass is 10.2. The van der Waals surface area contributed by atoms with Crippen LogP contribution in [0.1, 0.15) is 26.6 Å². The first kappa shape index (κ1) is 13.8. The zero-order chi connectivity index (χ0) is 13.1. The number of hydrogen-bond acceptors (Lipinski definition) is 6. The van der Waals surface area contributed by atoms with Crippen molar-refractivity contribution in [1.29, 1.82) is 0 Å². The molecule has 1 rings (SSSR count). The zero-order valence-electron chi connectivity index (χ0n) is 10.5. The molecule has 0 atom stereocenters. The Morgan fingerprint density at radius 1 is 1.47 bits per heavy atom. The van der Waals surface area contributed by atoms with E-state index in [4.69, 9.17) is 10.5 Å². The molecule has 0 aliphatic rings. The van der Waals surface area contributed by atoms with Crippen LogP contribution in [0.25, 0.3) is 0 Å². The molecule has 0 fully saturated rings. The number of anilines is 1. The Morgan fingerprint density at radius 2 is 2.12 bits per heavy atom. The van der Waals surface area contributed by atoms with Gasteiger partial charge in [0, 0.05) is 6.07 Å². The van der Waals surface area contributed by atoms with Crippen molar-refractivity contribution in [1.82, 2.24) is 9.97 Å². The van der Waals surface area contributed by atoms with Crippen molar-refractivity contribution in [2.75, 3.05) is 11.5 Å². The lowest BCUT2D eigenvalue weighted by Gasteiger charge is -2.19. The minimum Gasteiger partial charge on any atom is -0.459 e. The fourth-order valence-corrected chi connectivity index (χ4v) is 1.87. The van der Waals surface area contributed by atoms with Crippen LogP contribution in [0.5, 0.6) is 0 Å². The first-order valence-corrected chi connectivity index (χ1v) is 6.20. The van der Waals surface area contributed by atoms with Crippen molar-refractivity contribution in [2.24, 2.45) is 0 Å². The van der Waals surface area contributed by atoms with Gasteiger partial charge in [-0.05, 0) is 27.7 Å². The highest BCUT2D eigenvalue weighted by Crippen LogP contribution is 2.18. The number of aromatic nitrogens is 2. The van der Waals surface area contributed by atoms with Crippen molar-refractivity contribution >= 4 is 23.5 Å². The number of nitrogens with two attached hydrogens (primary N) is 1. The molecule has 0 amide bonds. The van der Waals surface area contributed by atoms with Gasteiger partial charge in [-0.25, -0.2) is 9.97 Å². The van der Waals surface area contributed by atoms with Gasteiger partial charge < -0.3 is 10.5 Å². The summed E-state index contributed by atoms with van der Waals surface area (Å²) < 4.78 is 5.19. The molecule has 2 N–H and O–H groups in total. The molecular weight excluding hydrogens is 238 g/mol. The summed E-state index contributed by atoms with van der Waals surface area (Å²) in [5.74, 6) is 0.950. The monoisotopic (exact) mass is 255 g/mol. The van der Waals surface area contributed by atoms with Crippen LogP contribution in [0.2, 0.25) is 0 Å². The summed E-state index contributed by atoms with van der Waals surface area (Å²) >= 11 is 1.29. The highest BCUT2D eigenvalue weighted by Gasteiger charge is 2.16. The van der Waals surface area contributed by atoms with Crippen LogP contribution in [-0.2, 0) is 9.53 Å². The number of carbonyl (C=O) groups is 1. The molecule has 6 heteroatoms. The Hall–Kier alpha value is -1.30. The van der Waals surface area contributed by atoms with E-state index in [0.29, 0.717) is 16.7 Å². The third-order valence-corrected chi connectivity index (χ3v) is 2.48. The van der Waals surface area contributed by atoms with Crippen molar-refractivity contribution in [3.05, 3.63) is 11.9 Å². The van der Waals surface area contributed by atoms with Gasteiger partial charge in [0.15, 0.2) is 0 Å². The first-order valence-electron chi connectivity index (χ1n) is 5.22. The lowest BCUT2D eigenvalue weighted by molar-refractivity contribution is -0.151. The maximum atomic E-state index is 11.5. The molecule has 94 valence electrons. The second-order valence-corrected chi connectivity index (χ2v) is 5.55. The molecule has 1 aromatic heterocycles. The van der Waals surface area contributed by atoms with E-state index in [1.54, 1.807) is 13.0 Å². The van der Waals surface area contributed by atoms with E-state index in [9.17, 15) is 4.79 Å². The van der Waals surface area contributed by atoms with Crippen molar-refractivity contribution < 1.29 is 9.53 Å². The van der Waals surface area contributed by atoms with Gasteiger partial charge in [-0.15, -0.1) is 0 Å². The van der Waals surface area contributed by atoms with Gasteiger partial charge >= 0.3 is 5.97 Å². The summed E-state index contributed by atoms with van der Waals surface area (Å²) in [7, 11) is 0. The third-order valence-electron chi connectivity index (χ3n) is 1.59. The fraction of sp³-hybridized carbons (Fsp3) is 0.545. The average Bonchev–Trinajstić information content (AvgIpc) is 2.10. The minimum absolute atomic E-state index is 0.215. The quantitative estimate of drug-likeness (QED) is 0.504. The molecule has 0 spiro atoms. The highest BCUT2D eigenvalue weighted by molar-refractivity contribution is 7.99. The molecule has 0 aromatic carbocycles. The van der Waals surface area contributed by atoms with Crippen LogP contribution in [-0.4, -0.2) is 27.3 Å². The number of rotatable bonds is 3. The number of esters is 1. The summed E-state index contributed by atoms with van der Waals surface area (Å²) in [6.07, 6.45) is 0. The van der Waals surface area contributed by atoms with E-state index in [1.807, 2.05) is 20.8 Å². The second-order valence-electron chi connectivity index (χ2n) is 4.55. The van der Waals surface area contributed by atoms with Gasteiger partial charge in [0.05, 0.1) is 5.75 Å². The normalized spacial score (nSPS) is 11.3. The number of hydrogen-bond donors (Lipinski definition) is 1. The summed E-state index contributed by atoms with van der Waals surface area (Å²) in [6, 6.07) is 1.64. The number of ether oxygens (including phenoxy) is 1. The average molecular weight is 255 g/mol. The SMILES string of the molecule is Cc1nc(N)cc(SCC(=O)OC(C)(C)C)n1. The standard InChI is InChI=1S/C11H17N3O2S/c1-7-13-8(12)5-9(14-7)17-6-10(15)16-11(2,3)4/h5H,6H2,1-4H3,(H2,12,13,14). The summed E-state index contributed by atoms with van der Waals surface area (Å²) in [5, 5.41) is 0.681. The van der Waals surface area contributed by atoms with Crippen LogP contribution in [0, 0.1) is 6.92 Å². The molecule has 0 saturated carbocycles. The molecule has 0 bridgehead atoms. The molecular formula is C11H17N3O2S. The summed E-state index contributed by atoms with van der Waals surface area (Å²) in [5.41, 5.74) is 5.13. The van der Waals surface area contributed by atoms with Crippen LogP contribution in [0.4, 0.5) is 5.82 Å². The lowest BCUT2D eigenvalue weighted by Crippen LogP contribution is -2.24. The topological polar surface area (TPSA) is 78.1 Å². The van der Waals surface area contributed by atoms with Crippen LogP contribution >= 0.6 is 11.8 Å². The summed E-state index contributed by atoms with van der Waals surface area (Å²) in [6.45, 7) is 7.26. The van der Waals surface area contributed by atoms with Gasteiger partial charge in [0.2, 0.25) is 0 Å². The van der Waals surface area contributed by atoms with Gasteiger partial charge in [-0.1, -0.05) is 11.8 Å². The number of aryl methyl sites for hydroxylation is 1. The predicted molar refractivity (Wildman–Crippen MR) is 67.8 cm³/mol. The molecule has 0 aliphatic carbocycles. The van der Waals surface area contributed by atoms with Crippen molar-refractivity contribution in [3.63, 3.8) is 0 Å². The molecule has 17 heavy (non-hydrogen) atoms. The Labute approximate surface area is 105 Å². The minimum atomic E-state index is -0.460. The zero-order valence-corrected chi connectivity index (χ0v) is 11.3. The number of nitrogen functional groups attached to an aromatic ring is 1. The smallest absolute Gasteiger partial charge is 0.316 e. The molecule has 1 aromatic rings. The Kier molecular flexibility index (Phi) is 4.34. The Bertz CT molecular complexity index is 395. The van der Waals surface area contributed by atoms with E-state index in [1.165, 1.54) is 11.8 Å². The van der Waals surface area contributed by atoms with Gasteiger partial charge in [0.25, 0.3) is 0 Å². The second kappa shape index (κ2) is 5.35.